The Labute approximate surface area is 123 Å². The van der Waals surface area contributed by atoms with Crippen LogP contribution in [-0.4, -0.2) is 0 Å². The van der Waals surface area contributed by atoms with Crippen molar-refractivity contribution in [3.8, 4) is 0 Å². The Morgan fingerprint density at radius 3 is 2.47 bits per heavy atom. The van der Waals surface area contributed by atoms with E-state index in [1.165, 1.54) is 29.7 Å². The fourth-order valence-corrected chi connectivity index (χ4v) is 3.00. The van der Waals surface area contributed by atoms with E-state index in [0.717, 1.165) is 10.4 Å². The Morgan fingerprint density at radius 1 is 1.11 bits per heavy atom. The normalized spacial score (nSPS) is 16.1. The van der Waals surface area contributed by atoms with E-state index in [-0.39, 0.29) is 0 Å². The second-order valence-electron chi connectivity index (χ2n) is 5.33. The maximum absolute atomic E-state index is 3.73. The van der Waals surface area contributed by atoms with Gasteiger partial charge in [0.1, 0.15) is 0 Å². The molecule has 1 unspecified atom stereocenters. The van der Waals surface area contributed by atoms with Gasteiger partial charge in [0.15, 0.2) is 0 Å². The van der Waals surface area contributed by atoms with Gasteiger partial charge in [-0.05, 0) is 55.0 Å². The largest absolute Gasteiger partial charge is 0.378 e. The van der Waals surface area contributed by atoms with E-state index in [4.69, 9.17) is 0 Å². The average Bonchev–Trinajstić information content (AvgIpc) is 3.23. The lowest BCUT2D eigenvalue weighted by atomic mass is 10.0. The average molecular weight is 316 g/mol. The fraction of sp³-hybridized carbons (Fsp3) is 0.294. The summed E-state index contributed by atoms with van der Waals surface area (Å²) in [7, 11) is 0. The second-order valence-corrected chi connectivity index (χ2v) is 6.25. The van der Waals surface area contributed by atoms with Gasteiger partial charge in [-0.2, -0.15) is 0 Å². The van der Waals surface area contributed by atoms with Crippen LogP contribution in [0.3, 0.4) is 0 Å². The Bertz CT molecular complexity index is 561. The molecule has 0 bridgehead atoms. The SMILES string of the molecule is Cc1cc(Br)ccc1NC(c1ccccc1)C1CC1. The number of hydrogen-bond acceptors (Lipinski definition) is 1. The minimum Gasteiger partial charge on any atom is -0.378 e. The van der Waals surface area contributed by atoms with Crippen LogP contribution in [0.1, 0.15) is 30.0 Å². The number of aryl methyl sites for hydroxylation is 1. The molecule has 1 nitrogen and oxygen atoms in total. The first-order valence-electron chi connectivity index (χ1n) is 6.81. The summed E-state index contributed by atoms with van der Waals surface area (Å²) in [6.07, 6.45) is 2.67. The molecule has 0 aromatic heterocycles. The molecule has 0 spiro atoms. The molecule has 0 aliphatic heterocycles. The zero-order chi connectivity index (χ0) is 13.2. The Hall–Kier alpha value is -1.28. The van der Waals surface area contributed by atoms with Crippen molar-refractivity contribution in [3.63, 3.8) is 0 Å². The summed E-state index contributed by atoms with van der Waals surface area (Å²) in [6.45, 7) is 2.15. The molecular weight excluding hydrogens is 298 g/mol. The minimum absolute atomic E-state index is 0.445. The zero-order valence-corrected chi connectivity index (χ0v) is 12.7. The summed E-state index contributed by atoms with van der Waals surface area (Å²) in [5.41, 5.74) is 3.92. The molecule has 1 atom stereocenters. The van der Waals surface area contributed by atoms with Crippen molar-refractivity contribution < 1.29 is 0 Å². The van der Waals surface area contributed by atoms with Crippen molar-refractivity contribution >= 4 is 21.6 Å². The van der Waals surface area contributed by atoms with Gasteiger partial charge in [-0.3, -0.25) is 0 Å². The number of nitrogens with one attached hydrogen (secondary N) is 1. The van der Waals surface area contributed by atoms with E-state index in [2.05, 4.69) is 76.7 Å². The number of benzene rings is 2. The Morgan fingerprint density at radius 2 is 1.84 bits per heavy atom. The lowest BCUT2D eigenvalue weighted by molar-refractivity contribution is 0.678. The number of halogens is 1. The molecule has 2 aromatic rings. The van der Waals surface area contributed by atoms with Gasteiger partial charge < -0.3 is 5.32 Å². The molecule has 0 saturated heterocycles. The van der Waals surface area contributed by atoms with Crippen LogP contribution in [0.15, 0.2) is 53.0 Å². The fourth-order valence-electron chi connectivity index (χ4n) is 2.52. The Kier molecular flexibility index (Phi) is 3.61. The van der Waals surface area contributed by atoms with Gasteiger partial charge in [0.2, 0.25) is 0 Å². The van der Waals surface area contributed by atoms with Crippen LogP contribution in [0.25, 0.3) is 0 Å². The van der Waals surface area contributed by atoms with Crippen molar-refractivity contribution in [2.75, 3.05) is 5.32 Å². The molecule has 19 heavy (non-hydrogen) atoms. The summed E-state index contributed by atoms with van der Waals surface area (Å²) in [5.74, 6) is 0.783. The molecule has 1 saturated carbocycles. The molecule has 0 amide bonds. The number of rotatable bonds is 4. The van der Waals surface area contributed by atoms with E-state index in [1.807, 2.05) is 0 Å². The van der Waals surface area contributed by atoms with Crippen molar-refractivity contribution in [1.29, 1.82) is 0 Å². The van der Waals surface area contributed by atoms with Crippen LogP contribution >= 0.6 is 15.9 Å². The van der Waals surface area contributed by atoms with Crippen LogP contribution in [0.2, 0.25) is 0 Å². The van der Waals surface area contributed by atoms with Gasteiger partial charge in [-0.25, -0.2) is 0 Å². The lowest BCUT2D eigenvalue weighted by Crippen LogP contribution is -2.13. The highest BCUT2D eigenvalue weighted by Crippen LogP contribution is 2.43. The predicted molar refractivity (Wildman–Crippen MR) is 84.4 cm³/mol. The molecule has 1 aliphatic rings. The quantitative estimate of drug-likeness (QED) is 0.805. The van der Waals surface area contributed by atoms with Gasteiger partial charge >= 0.3 is 0 Å². The summed E-state index contributed by atoms with van der Waals surface area (Å²) in [5, 5.41) is 3.73. The molecule has 1 N–H and O–H groups in total. The third kappa shape index (κ3) is 3.01. The molecule has 3 rings (SSSR count). The lowest BCUT2D eigenvalue weighted by Gasteiger charge is -2.21. The van der Waals surface area contributed by atoms with Gasteiger partial charge in [-0.15, -0.1) is 0 Å². The van der Waals surface area contributed by atoms with Gasteiger partial charge in [-0.1, -0.05) is 46.3 Å². The highest BCUT2D eigenvalue weighted by atomic mass is 79.9. The van der Waals surface area contributed by atoms with Crippen LogP contribution in [0, 0.1) is 12.8 Å². The molecule has 1 fully saturated rings. The minimum atomic E-state index is 0.445. The highest BCUT2D eigenvalue weighted by Gasteiger charge is 2.32. The van der Waals surface area contributed by atoms with Crippen molar-refractivity contribution in [1.82, 2.24) is 0 Å². The second kappa shape index (κ2) is 5.38. The third-order valence-corrected chi connectivity index (χ3v) is 4.24. The molecule has 0 radical (unpaired) electrons. The summed E-state index contributed by atoms with van der Waals surface area (Å²) >= 11 is 3.52. The van der Waals surface area contributed by atoms with Crippen molar-refractivity contribution in [2.45, 2.75) is 25.8 Å². The van der Waals surface area contributed by atoms with Gasteiger partial charge in [0.05, 0.1) is 6.04 Å². The maximum atomic E-state index is 3.73. The maximum Gasteiger partial charge on any atom is 0.0542 e. The van der Waals surface area contributed by atoms with Gasteiger partial charge in [0.25, 0.3) is 0 Å². The summed E-state index contributed by atoms with van der Waals surface area (Å²) < 4.78 is 1.14. The zero-order valence-electron chi connectivity index (χ0n) is 11.1. The third-order valence-electron chi connectivity index (χ3n) is 3.75. The summed E-state index contributed by atoms with van der Waals surface area (Å²) in [4.78, 5) is 0. The predicted octanol–water partition coefficient (Wildman–Crippen LogP) is 5.32. The first kappa shape index (κ1) is 12.7. The van der Waals surface area contributed by atoms with Crippen molar-refractivity contribution in [3.05, 3.63) is 64.1 Å². The van der Waals surface area contributed by atoms with Gasteiger partial charge in [0, 0.05) is 10.2 Å². The Balaban J connectivity index is 1.86. The van der Waals surface area contributed by atoms with Crippen LogP contribution in [-0.2, 0) is 0 Å². The smallest absolute Gasteiger partial charge is 0.0542 e. The number of hydrogen-bond donors (Lipinski definition) is 1. The first-order valence-corrected chi connectivity index (χ1v) is 7.61. The van der Waals surface area contributed by atoms with Crippen LogP contribution in [0.5, 0.6) is 0 Å². The van der Waals surface area contributed by atoms with Crippen LogP contribution < -0.4 is 5.32 Å². The standard InChI is InChI=1S/C17H18BrN/c1-12-11-15(18)9-10-16(12)19-17(14-7-8-14)13-5-3-2-4-6-13/h2-6,9-11,14,17,19H,7-8H2,1H3. The first-order chi connectivity index (χ1) is 9.24. The molecule has 98 valence electrons. The van der Waals surface area contributed by atoms with E-state index < -0.39 is 0 Å². The monoisotopic (exact) mass is 315 g/mol. The topological polar surface area (TPSA) is 12.0 Å². The highest BCUT2D eigenvalue weighted by molar-refractivity contribution is 9.10. The molecular formula is C17H18BrN. The van der Waals surface area contributed by atoms with E-state index >= 15 is 0 Å². The molecule has 2 aromatic carbocycles. The van der Waals surface area contributed by atoms with E-state index in [9.17, 15) is 0 Å². The molecule has 0 heterocycles. The molecule has 1 aliphatic carbocycles. The molecule has 2 heteroatoms. The number of anilines is 1. The summed E-state index contributed by atoms with van der Waals surface area (Å²) in [6, 6.07) is 17.7. The van der Waals surface area contributed by atoms with Crippen LogP contribution in [0.4, 0.5) is 5.69 Å². The van der Waals surface area contributed by atoms with E-state index in [1.54, 1.807) is 0 Å². The van der Waals surface area contributed by atoms with Crippen molar-refractivity contribution in [2.24, 2.45) is 5.92 Å². The van der Waals surface area contributed by atoms with E-state index in [0.29, 0.717) is 6.04 Å².